The van der Waals surface area contributed by atoms with E-state index < -0.39 is 0 Å². The minimum absolute atomic E-state index is 0.454. The minimum atomic E-state index is 0.454. The summed E-state index contributed by atoms with van der Waals surface area (Å²) in [5.41, 5.74) is 1.65. The fourth-order valence-corrected chi connectivity index (χ4v) is 2.05. The maximum Gasteiger partial charge on any atom is 0.179 e. The second kappa shape index (κ2) is 4.78. The number of hydrogen-bond acceptors (Lipinski definition) is 3. The standard InChI is InChI=1S/C13H7ClIN3/c14-12-9(15)7-16-13(18-12)11-6-5-8-3-1-2-4-10(8)17-11/h1-7H. The number of hydrogen-bond donors (Lipinski definition) is 0. The molecule has 5 heteroatoms. The molecule has 0 spiro atoms. The molecule has 3 nitrogen and oxygen atoms in total. The molecule has 3 aromatic rings. The predicted octanol–water partition coefficient (Wildman–Crippen LogP) is 3.95. The molecule has 0 saturated heterocycles. The van der Waals surface area contributed by atoms with Crippen LogP contribution >= 0.6 is 34.2 Å². The van der Waals surface area contributed by atoms with Gasteiger partial charge in [0.25, 0.3) is 0 Å². The van der Waals surface area contributed by atoms with Gasteiger partial charge >= 0.3 is 0 Å². The molecule has 3 rings (SSSR count). The molecule has 0 aliphatic heterocycles. The molecule has 0 aliphatic rings. The third-order valence-corrected chi connectivity index (χ3v) is 3.93. The highest BCUT2D eigenvalue weighted by atomic mass is 127. The zero-order valence-electron chi connectivity index (χ0n) is 9.14. The van der Waals surface area contributed by atoms with Gasteiger partial charge in [-0.1, -0.05) is 35.9 Å². The number of aromatic nitrogens is 3. The molecule has 0 atom stereocenters. The van der Waals surface area contributed by atoms with Crippen molar-refractivity contribution in [2.24, 2.45) is 0 Å². The van der Waals surface area contributed by atoms with E-state index in [1.54, 1.807) is 6.20 Å². The number of benzene rings is 1. The second-order valence-corrected chi connectivity index (χ2v) is 5.24. The summed E-state index contributed by atoms with van der Waals surface area (Å²) < 4.78 is 0.832. The quantitative estimate of drug-likeness (QED) is 0.483. The first kappa shape index (κ1) is 11.8. The van der Waals surface area contributed by atoms with Gasteiger partial charge in [0.2, 0.25) is 0 Å². The maximum atomic E-state index is 6.00. The topological polar surface area (TPSA) is 38.7 Å². The summed E-state index contributed by atoms with van der Waals surface area (Å²) in [5, 5.41) is 1.55. The number of rotatable bonds is 1. The first-order chi connectivity index (χ1) is 8.74. The average Bonchev–Trinajstić information content (AvgIpc) is 2.41. The Morgan fingerprint density at radius 1 is 1.00 bits per heavy atom. The van der Waals surface area contributed by atoms with Crippen molar-refractivity contribution < 1.29 is 0 Å². The van der Waals surface area contributed by atoms with Crippen LogP contribution < -0.4 is 0 Å². The van der Waals surface area contributed by atoms with Gasteiger partial charge in [-0.3, -0.25) is 0 Å². The molecule has 2 aromatic heterocycles. The summed E-state index contributed by atoms with van der Waals surface area (Å²) in [6.45, 7) is 0. The largest absolute Gasteiger partial charge is 0.244 e. The summed E-state index contributed by atoms with van der Waals surface area (Å²) in [4.78, 5) is 13.0. The SMILES string of the molecule is Clc1nc(-c2ccc3ccccc3n2)ncc1I. The average molecular weight is 368 g/mol. The van der Waals surface area contributed by atoms with E-state index in [1.165, 1.54) is 0 Å². The van der Waals surface area contributed by atoms with Gasteiger partial charge in [-0.2, -0.15) is 0 Å². The summed E-state index contributed by atoms with van der Waals surface area (Å²) >= 11 is 8.09. The van der Waals surface area contributed by atoms with Gasteiger partial charge in [0.05, 0.1) is 9.09 Å². The molecule has 0 fully saturated rings. The highest BCUT2D eigenvalue weighted by Gasteiger charge is 2.07. The van der Waals surface area contributed by atoms with Crippen LogP contribution in [0.1, 0.15) is 0 Å². The van der Waals surface area contributed by atoms with Crippen LogP contribution in [0, 0.1) is 3.57 Å². The van der Waals surface area contributed by atoms with Crippen LogP contribution in [0.15, 0.2) is 42.6 Å². The lowest BCUT2D eigenvalue weighted by Crippen LogP contribution is -1.94. The van der Waals surface area contributed by atoms with Gasteiger partial charge in [0.1, 0.15) is 10.8 Å². The van der Waals surface area contributed by atoms with E-state index >= 15 is 0 Å². The smallest absolute Gasteiger partial charge is 0.179 e. The summed E-state index contributed by atoms with van der Waals surface area (Å²) in [7, 11) is 0. The Kier molecular flexibility index (Phi) is 3.13. The maximum absolute atomic E-state index is 6.00. The van der Waals surface area contributed by atoms with Crippen LogP contribution in [0.2, 0.25) is 5.15 Å². The summed E-state index contributed by atoms with van der Waals surface area (Å²) in [6, 6.07) is 11.8. The van der Waals surface area contributed by atoms with Crippen LogP contribution in [-0.4, -0.2) is 15.0 Å². The normalized spacial score (nSPS) is 10.8. The third kappa shape index (κ3) is 2.18. The lowest BCUT2D eigenvalue weighted by molar-refractivity contribution is 1.14. The molecule has 2 heterocycles. The fraction of sp³-hybridized carbons (Fsp3) is 0. The van der Waals surface area contributed by atoms with Gasteiger partial charge < -0.3 is 0 Å². The van der Waals surface area contributed by atoms with Crippen molar-refractivity contribution in [1.82, 2.24) is 15.0 Å². The molecular weight excluding hydrogens is 361 g/mol. The number of fused-ring (bicyclic) bond motifs is 1. The van der Waals surface area contributed by atoms with Crippen molar-refractivity contribution in [2.45, 2.75) is 0 Å². The molecule has 0 unspecified atom stereocenters. The van der Waals surface area contributed by atoms with Crippen molar-refractivity contribution in [1.29, 1.82) is 0 Å². The van der Waals surface area contributed by atoms with Gasteiger partial charge in [-0.15, -0.1) is 0 Å². The van der Waals surface area contributed by atoms with E-state index in [2.05, 4.69) is 37.5 Å². The first-order valence-electron chi connectivity index (χ1n) is 5.28. The Labute approximate surface area is 122 Å². The van der Waals surface area contributed by atoms with E-state index in [9.17, 15) is 0 Å². The lowest BCUT2D eigenvalue weighted by Gasteiger charge is -2.02. The predicted molar refractivity (Wildman–Crippen MR) is 80.5 cm³/mol. The number of halogens is 2. The number of nitrogens with zero attached hydrogens (tertiary/aromatic N) is 3. The monoisotopic (exact) mass is 367 g/mol. The van der Waals surface area contributed by atoms with Crippen LogP contribution in [0.3, 0.4) is 0 Å². The van der Waals surface area contributed by atoms with E-state index in [0.29, 0.717) is 11.0 Å². The van der Waals surface area contributed by atoms with Crippen molar-refractivity contribution in [3.63, 3.8) is 0 Å². The molecule has 0 radical (unpaired) electrons. The van der Waals surface area contributed by atoms with E-state index in [4.69, 9.17) is 11.6 Å². The Hall–Kier alpha value is -1.27. The Morgan fingerprint density at radius 2 is 1.83 bits per heavy atom. The molecule has 1 aromatic carbocycles. The molecule has 0 aliphatic carbocycles. The molecule has 88 valence electrons. The molecule has 0 saturated carbocycles. The molecule has 0 N–H and O–H groups in total. The lowest BCUT2D eigenvalue weighted by atomic mass is 10.2. The highest BCUT2D eigenvalue weighted by molar-refractivity contribution is 14.1. The number of pyridine rings is 1. The van der Waals surface area contributed by atoms with Crippen molar-refractivity contribution >= 4 is 45.1 Å². The van der Waals surface area contributed by atoms with E-state index in [1.807, 2.05) is 36.4 Å². The second-order valence-electron chi connectivity index (χ2n) is 3.72. The van der Waals surface area contributed by atoms with Crippen LogP contribution in [0.4, 0.5) is 0 Å². The van der Waals surface area contributed by atoms with Crippen LogP contribution in [-0.2, 0) is 0 Å². The molecule has 0 amide bonds. The highest BCUT2D eigenvalue weighted by Crippen LogP contribution is 2.21. The van der Waals surface area contributed by atoms with E-state index in [0.717, 1.165) is 20.2 Å². The van der Waals surface area contributed by atoms with Gasteiger partial charge in [0.15, 0.2) is 5.82 Å². The molecule has 18 heavy (non-hydrogen) atoms. The first-order valence-corrected chi connectivity index (χ1v) is 6.74. The summed E-state index contributed by atoms with van der Waals surface area (Å²) in [5.74, 6) is 0.547. The van der Waals surface area contributed by atoms with Crippen molar-refractivity contribution in [3.05, 3.63) is 51.3 Å². The molecule has 0 bridgehead atoms. The van der Waals surface area contributed by atoms with Gasteiger partial charge in [-0.05, 0) is 34.7 Å². The summed E-state index contributed by atoms with van der Waals surface area (Å²) in [6.07, 6.45) is 1.70. The van der Waals surface area contributed by atoms with Crippen LogP contribution in [0.25, 0.3) is 22.4 Å². The Morgan fingerprint density at radius 3 is 2.67 bits per heavy atom. The van der Waals surface area contributed by atoms with Gasteiger partial charge in [-0.25, -0.2) is 15.0 Å². The zero-order valence-corrected chi connectivity index (χ0v) is 12.1. The van der Waals surface area contributed by atoms with Crippen molar-refractivity contribution in [3.8, 4) is 11.5 Å². The third-order valence-electron chi connectivity index (χ3n) is 2.53. The van der Waals surface area contributed by atoms with E-state index in [-0.39, 0.29) is 0 Å². The Bertz CT molecular complexity index is 730. The van der Waals surface area contributed by atoms with Gasteiger partial charge in [0, 0.05) is 11.6 Å². The Balaban J connectivity index is 2.16. The zero-order chi connectivity index (χ0) is 12.5. The van der Waals surface area contributed by atoms with Crippen LogP contribution in [0.5, 0.6) is 0 Å². The molecular formula is C13H7ClIN3. The fourth-order valence-electron chi connectivity index (χ4n) is 1.66. The van der Waals surface area contributed by atoms with Crippen molar-refractivity contribution in [2.75, 3.05) is 0 Å². The minimum Gasteiger partial charge on any atom is -0.244 e. The number of para-hydroxylation sites is 1.